The van der Waals surface area contributed by atoms with Crippen LogP contribution in [-0.4, -0.2) is 18.9 Å². The van der Waals surface area contributed by atoms with Gasteiger partial charge in [-0.3, -0.25) is 10.3 Å². The molecule has 4 heteroatoms. The van der Waals surface area contributed by atoms with Gasteiger partial charge < -0.3 is 5.32 Å². The van der Waals surface area contributed by atoms with Crippen molar-refractivity contribution >= 4 is 23.0 Å². The molecule has 0 radical (unpaired) electrons. The Morgan fingerprint density at radius 1 is 0.906 bits per heavy atom. The molecule has 3 aromatic carbocycles. The second kappa shape index (κ2) is 12.0. The lowest BCUT2D eigenvalue weighted by atomic mass is 9.94. The van der Waals surface area contributed by atoms with Gasteiger partial charge in [0, 0.05) is 5.56 Å². The third-order valence-corrected chi connectivity index (χ3v) is 5.34. The van der Waals surface area contributed by atoms with Gasteiger partial charge in [-0.1, -0.05) is 78.9 Å². The quantitative estimate of drug-likeness (QED) is 0.100. The fraction of sp³-hybridized carbons (Fsp3) is 0.179. The Kier molecular flexibility index (Phi) is 8.85. The van der Waals surface area contributed by atoms with Gasteiger partial charge in [0.1, 0.15) is 18.0 Å². The zero-order chi connectivity index (χ0) is 22.8. The number of nitrogens with zero attached hydrogens (tertiary/aromatic N) is 1. The van der Waals surface area contributed by atoms with Gasteiger partial charge in [0.05, 0.1) is 0 Å². The van der Waals surface area contributed by atoms with E-state index in [0.29, 0.717) is 0 Å². The Morgan fingerprint density at radius 3 is 2.19 bits per heavy atom. The molecule has 0 bridgehead atoms. The van der Waals surface area contributed by atoms with Crippen molar-refractivity contribution in [2.75, 3.05) is 13.1 Å². The molecule has 0 aliphatic rings. The molecule has 3 nitrogen and oxygen atoms in total. The van der Waals surface area contributed by atoms with Crippen molar-refractivity contribution in [3.05, 3.63) is 114 Å². The summed E-state index contributed by atoms with van der Waals surface area (Å²) in [6, 6.07) is 27.4. The molecule has 0 aliphatic heterocycles. The predicted molar refractivity (Wildman–Crippen MR) is 139 cm³/mol. The van der Waals surface area contributed by atoms with Gasteiger partial charge in [0.15, 0.2) is 0 Å². The smallest absolute Gasteiger partial charge is 0.131 e. The maximum absolute atomic E-state index is 5.98. The van der Waals surface area contributed by atoms with E-state index in [2.05, 4.69) is 83.2 Å². The molecule has 0 aliphatic carbocycles. The lowest BCUT2D eigenvalue weighted by molar-refractivity contribution is 0.560. The summed E-state index contributed by atoms with van der Waals surface area (Å²) in [7, 11) is 1.94. The number of benzene rings is 3. The van der Waals surface area contributed by atoms with Crippen molar-refractivity contribution in [2.45, 2.75) is 20.0 Å². The SMILES string of the molecule is C/C=C\C(=C/C)c1cc(-c2ccccc2)cc(C(NC)N/C(=N\CCl)c2ccccc2)c1. The minimum atomic E-state index is -0.150. The average molecular weight is 444 g/mol. The molecule has 1 unspecified atom stereocenters. The van der Waals surface area contributed by atoms with E-state index in [9.17, 15) is 0 Å². The highest BCUT2D eigenvalue weighted by molar-refractivity contribution is 6.18. The first-order valence-corrected chi connectivity index (χ1v) is 11.3. The molecule has 0 saturated carbocycles. The monoisotopic (exact) mass is 443 g/mol. The highest BCUT2D eigenvalue weighted by Crippen LogP contribution is 2.29. The average Bonchev–Trinajstić information content (AvgIpc) is 2.85. The van der Waals surface area contributed by atoms with E-state index >= 15 is 0 Å². The van der Waals surface area contributed by atoms with E-state index in [-0.39, 0.29) is 12.2 Å². The topological polar surface area (TPSA) is 36.4 Å². The third kappa shape index (κ3) is 5.97. The minimum absolute atomic E-state index is 0.150. The molecule has 0 aromatic heterocycles. The van der Waals surface area contributed by atoms with Crippen LogP contribution in [0.1, 0.15) is 36.7 Å². The summed E-state index contributed by atoms with van der Waals surface area (Å²) in [5, 5.41) is 6.95. The van der Waals surface area contributed by atoms with E-state index < -0.39 is 0 Å². The summed E-state index contributed by atoms with van der Waals surface area (Å²) >= 11 is 5.98. The van der Waals surface area contributed by atoms with Crippen molar-refractivity contribution < 1.29 is 0 Å². The van der Waals surface area contributed by atoms with Crippen molar-refractivity contribution in [3.8, 4) is 11.1 Å². The van der Waals surface area contributed by atoms with Crippen molar-refractivity contribution in [1.29, 1.82) is 0 Å². The Balaban J connectivity index is 2.08. The molecule has 0 heterocycles. The van der Waals surface area contributed by atoms with Crippen LogP contribution < -0.4 is 10.6 Å². The van der Waals surface area contributed by atoms with Gasteiger partial charge >= 0.3 is 0 Å². The van der Waals surface area contributed by atoms with Crippen LogP contribution in [0.5, 0.6) is 0 Å². The van der Waals surface area contributed by atoms with Gasteiger partial charge in [0.25, 0.3) is 0 Å². The van der Waals surface area contributed by atoms with E-state index in [1.807, 2.05) is 50.4 Å². The largest absolute Gasteiger partial charge is 0.351 e. The second-order valence-corrected chi connectivity index (χ2v) is 7.55. The molecule has 0 saturated heterocycles. The molecule has 32 heavy (non-hydrogen) atoms. The lowest BCUT2D eigenvalue weighted by Crippen LogP contribution is -2.37. The number of alkyl halides is 1. The molecular formula is C28H30ClN3. The zero-order valence-electron chi connectivity index (χ0n) is 18.8. The summed E-state index contributed by atoms with van der Waals surface area (Å²) < 4.78 is 0. The van der Waals surface area contributed by atoms with Crippen LogP contribution in [0, 0.1) is 0 Å². The maximum atomic E-state index is 5.98. The molecule has 3 aromatic rings. The molecule has 2 N–H and O–H groups in total. The molecule has 0 amide bonds. The number of hydrogen-bond acceptors (Lipinski definition) is 2. The van der Waals surface area contributed by atoms with Crippen molar-refractivity contribution in [3.63, 3.8) is 0 Å². The molecule has 1 atom stereocenters. The number of amidine groups is 1. The minimum Gasteiger partial charge on any atom is -0.351 e. The van der Waals surface area contributed by atoms with Crippen molar-refractivity contribution in [2.24, 2.45) is 4.99 Å². The van der Waals surface area contributed by atoms with E-state index in [1.165, 1.54) is 22.3 Å². The van der Waals surface area contributed by atoms with Crippen LogP contribution in [0.15, 0.2) is 102 Å². The second-order valence-electron chi connectivity index (χ2n) is 7.31. The van der Waals surface area contributed by atoms with Crippen LogP contribution in [0.25, 0.3) is 16.7 Å². The summed E-state index contributed by atoms with van der Waals surface area (Å²) in [4.78, 5) is 4.50. The summed E-state index contributed by atoms with van der Waals surface area (Å²) in [6.45, 7) is 4.11. The third-order valence-electron chi connectivity index (χ3n) is 5.22. The van der Waals surface area contributed by atoms with Crippen LogP contribution in [0.4, 0.5) is 0 Å². The standard InChI is InChI=1S/C28H30ClN3/c1-4-12-21(5-2)24-17-25(22-13-8-6-9-14-22)19-26(18-24)27(30-3)32-28(31-20-29)23-15-10-7-11-16-23/h4-19,27,30H,20H2,1-3H3,(H,31,32)/b12-4-,21-5+. The van der Waals surface area contributed by atoms with Gasteiger partial charge in [-0.15, -0.1) is 11.6 Å². The first kappa shape index (κ1) is 23.5. The Morgan fingerprint density at radius 2 is 1.59 bits per heavy atom. The first-order chi connectivity index (χ1) is 15.7. The summed E-state index contributed by atoms with van der Waals surface area (Å²) in [6.07, 6.45) is 6.20. The normalized spacial score (nSPS) is 13.4. The highest BCUT2D eigenvalue weighted by atomic mass is 35.5. The first-order valence-electron chi connectivity index (χ1n) is 10.8. The van der Waals surface area contributed by atoms with E-state index in [0.717, 1.165) is 17.0 Å². The van der Waals surface area contributed by atoms with Crippen LogP contribution >= 0.6 is 11.6 Å². The van der Waals surface area contributed by atoms with Crippen LogP contribution in [0.2, 0.25) is 0 Å². The molecule has 0 fully saturated rings. The summed E-state index contributed by atoms with van der Waals surface area (Å²) in [5.41, 5.74) is 6.80. The van der Waals surface area contributed by atoms with Gasteiger partial charge in [-0.2, -0.15) is 0 Å². The summed E-state index contributed by atoms with van der Waals surface area (Å²) in [5.74, 6) is 0.756. The van der Waals surface area contributed by atoms with E-state index in [4.69, 9.17) is 11.6 Å². The fourth-order valence-corrected chi connectivity index (χ4v) is 3.78. The molecule has 164 valence electrons. The zero-order valence-corrected chi connectivity index (χ0v) is 19.6. The van der Waals surface area contributed by atoms with Crippen LogP contribution in [0.3, 0.4) is 0 Å². The lowest BCUT2D eigenvalue weighted by Gasteiger charge is -2.23. The Labute approximate surface area is 196 Å². The number of hydrogen-bond donors (Lipinski definition) is 2. The number of nitrogens with one attached hydrogen (secondary N) is 2. The predicted octanol–water partition coefficient (Wildman–Crippen LogP) is 6.78. The van der Waals surface area contributed by atoms with Gasteiger partial charge in [-0.25, -0.2) is 0 Å². The molecular weight excluding hydrogens is 414 g/mol. The molecule has 0 spiro atoms. The van der Waals surface area contributed by atoms with Crippen molar-refractivity contribution in [1.82, 2.24) is 10.6 Å². The Hall–Kier alpha value is -3.14. The van der Waals surface area contributed by atoms with Gasteiger partial charge in [0.2, 0.25) is 0 Å². The number of aliphatic imine (C=N–C) groups is 1. The maximum Gasteiger partial charge on any atom is 0.131 e. The number of rotatable bonds is 8. The Bertz CT molecular complexity index is 1090. The molecule has 3 rings (SSSR count). The van der Waals surface area contributed by atoms with Gasteiger partial charge in [-0.05, 0) is 66.9 Å². The number of halogens is 1. The fourth-order valence-electron chi connectivity index (χ4n) is 3.66. The van der Waals surface area contributed by atoms with Crippen LogP contribution in [-0.2, 0) is 0 Å². The van der Waals surface area contributed by atoms with E-state index in [1.54, 1.807) is 0 Å². The highest BCUT2D eigenvalue weighted by Gasteiger charge is 2.15. The number of allylic oxidation sites excluding steroid dienone is 4.